The first-order valence-corrected chi connectivity index (χ1v) is 7.52. The molecule has 0 fully saturated rings. The summed E-state index contributed by atoms with van der Waals surface area (Å²) in [5, 5.41) is 0.706. The molecular formula is C15H26ClN3. The summed E-state index contributed by atoms with van der Waals surface area (Å²) in [5.74, 6) is 1.45. The SMILES string of the molecule is CCC(CC)N(CC(C)C)c1nccc(CN)c1Cl. The average Bonchev–Trinajstić information content (AvgIpc) is 2.39. The molecule has 0 saturated carbocycles. The molecule has 4 heteroatoms. The monoisotopic (exact) mass is 283 g/mol. The van der Waals surface area contributed by atoms with Crippen LogP contribution >= 0.6 is 11.6 Å². The Morgan fingerprint density at radius 3 is 2.42 bits per heavy atom. The number of hydrogen-bond donors (Lipinski definition) is 1. The van der Waals surface area contributed by atoms with Gasteiger partial charge in [-0.2, -0.15) is 0 Å². The topological polar surface area (TPSA) is 42.2 Å². The van der Waals surface area contributed by atoms with Gasteiger partial charge >= 0.3 is 0 Å². The molecule has 0 atom stereocenters. The van der Waals surface area contributed by atoms with E-state index < -0.39 is 0 Å². The Kier molecular flexibility index (Phi) is 6.59. The summed E-state index contributed by atoms with van der Waals surface area (Å²) in [6, 6.07) is 2.37. The van der Waals surface area contributed by atoms with Crippen molar-refractivity contribution in [1.82, 2.24) is 4.98 Å². The molecule has 108 valence electrons. The van der Waals surface area contributed by atoms with Gasteiger partial charge in [0.2, 0.25) is 0 Å². The molecule has 0 aromatic carbocycles. The van der Waals surface area contributed by atoms with Gasteiger partial charge in [0, 0.05) is 25.3 Å². The standard InChI is InChI=1S/C15H26ClN3/c1-5-13(6-2)19(10-11(3)4)15-14(16)12(9-17)7-8-18-15/h7-8,11,13H,5-6,9-10,17H2,1-4H3. The fraction of sp³-hybridized carbons (Fsp3) is 0.667. The van der Waals surface area contributed by atoms with Crippen molar-refractivity contribution in [3.8, 4) is 0 Å². The number of nitrogens with zero attached hydrogens (tertiary/aromatic N) is 2. The Morgan fingerprint density at radius 1 is 1.32 bits per heavy atom. The first-order chi connectivity index (χ1) is 9.04. The van der Waals surface area contributed by atoms with Crippen LogP contribution in [-0.2, 0) is 6.54 Å². The molecule has 0 unspecified atom stereocenters. The van der Waals surface area contributed by atoms with E-state index in [1.807, 2.05) is 6.07 Å². The van der Waals surface area contributed by atoms with Crippen LogP contribution in [0.1, 0.15) is 46.1 Å². The number of rotatable bonds is 7. The van der Waals surface area contributed by atoms with Gasteiger partial charge in [-0.15, -0.1) is 0 Å². The zero-order chi connectivity index (χ0) is 14.4. The third kappa shape index (κ3) is 4.08. The Balaban J connectivity index is 3.16. The summed E-state index contributed by atoms with van der Waals surface area (Å²) in [6.07, 6.45) is 3.99. The highest BCUT2D eigenvalue weighted by molar-refractivity contribution is 6.33. The van der Waals surface area contributed by atoms with Crippen LogP contribution in [-0.4, -0.2) is 17.6 Å². The highest BCUT2D eigenvalue weighted by Gasteiger charge is 2.21. The number of aromatic nitrogens is 1. The summed E-state index contributed by atoms with van der Waals surface area (Å²) < 4.78 is 0. The van der Waals surface area contributed by atoms with Crippen molar-refractivity contribution in [3.05, 3.63) is 22.8 Å². The number of hydrogen-bond acceptors (Lipinski definition) is 3. The third-order valence-corrected chi connectivity index (χ3v) is 3.80. The molecule has 1 rings (SSSR count). The van der Waals surface area contributed by atoms with E-state index in [9.17, 15) is 0 Å². The lowest BCUT2D eigenvalue weighted by Gasteiger charge is -2.34. The molecular weight excluding hydrogens is 258 g/mol. The van der Waals surface area contributed by atoms with Gasteiger partial charge in [-0.25, -0.2) is 4.98 Å². The van der Waals surface area contributed by atoms with Gasteiger partial charge in [-0.05, 0) is 30.4 Å². The van der Waals surface area contributed by atoms with E-state index in [-0.39, 0.29) is 0 Å². The van der Waals surface area contributed by atoms with Gasteiger partial charge in [0.05, 0.1) is 5.02 Å². The van der Waals surface area contributed by atoms with E-state index in [2.05, 4.69) is 37.6 Å². The van der Waals surface area contributed by atoms with Crippen molar-refractivity contribution >= 4 is 17.4 Å². The molecule has 0 saturated heterocycles. The van der Waals surface area contributed by atoms with Crippen molar-refractivity contribution < 1.29 is 0 Å². The number of pyridine rings is 1. The minimum atomic E-state index is 0.451. The minimum Gasteiger partial charge on any atom is -0.352 e. The Labute approximate surface area is 122 Å². The van der Waals surface area contributed by atoms with Gasteiger partial charge in [-0.1, -0.05) is 39.3 Å². The first-order valence-electron chi connectivity index (χ1n) is 7.15. The summed E-state index contributed by atoms with van der Waals surface area (Å²) >= 11 is 6.46. The predicted molar refractivity (Wildman–Crippen MR) is 83.7 cm³/mol. The van der Waals surface area contributed by atoms with Crippen molar-refractivity contribution in [3.63, 3.8) is 0 Å². The van der Waals surface area contributed by atoms with Crippen molar-refractivity contribution in [1.29, 1.82) is 0 Å². The smallest absolute Gasteiger partial charge is 0.147 e. The second-order valence-corrected chi connectivity index (χ2v) is 5.71. The van der Waals surface area contributed by atoms with E-state index in [1.165, 1.54) is 0 Å². The van der Waals surface area contributed by atoms with Crippen LogP contribution in [0, 0.1) is 5.92 Å². The van der Waals surface area contributed by atoms with E-state index in [0.717, 1.165) is 30.8 Å². The zero-order valence-electron chi connectivity index (χ0n) is 12.5. The van der Waals surface area contributed by atoms with E-state index in [0.29, 0.717) is 23.5 Å². The molecule has 0 amide bonds. The maximum Gasteiger partial charge on any atom is 0.147 e. The summed E-state index contributed by atoms with van der Waals surface area (Å²) in [7, 11) is 0. The third-order valence-electron chi connectivity index (χ3n) is 3.39. The minimum absolute atomic E-state index is 0.451. The maximum atomic E-state index is 6.46. The van der Waals surface area contributed by atoms with Crippen molar-refractivity contribution in [2.24, 2.45) is 11.7 Å². The van der Waals surface area contributed by atoms with Gasteiger partial charge in [0.1, 0.15) is 5.82 Å². The molecule has 0 aliphatic heterocycles. The number of halogens is 1. The molecule has 2 N–H and O–H groups in total. The van der Waals surface area contributed by atoms with Crippen LogP contribution in [0.3, 0.4) is 0 Å². The van der Waals surface area contributed by atoms with Crippen LogP contribution < -0.4 is 10.6 Å². The van der Waals surface area contributed by atoms with Gasteiger partial charge in [0.15, 0.2) is 0 Å². The molecule has 1 heterocycles. The highest BCUT2D eigenvalue weighted by Crippen LogP contribution is 2.30. The predicted octanol–water partition coefficient (Wildman–Crippen LogP) is 3.84. The Hall–Kier alpha value is -0.800. The largest absolute Gasteiger partial charge is 0.352 e. The van der Waals surface area contributed by atoms with Crippen LogP contribution in [0.15, 0.2) is 12.3 Å². The summed E-state index contributed by atoms with van der Waals surface area (Å²) in [6.45, 7) is 10.3. The zero-order valence-corrected chi connectivity index (χ0v) is 13.2. The lowest BCUT2D eigenvalue weighted by Crippen LogP contribution is -2.38. The van der Waals surface area contributed by atoms with E-state index >= 15 is 0 Å². The fourth-order valence-electron chi connectivity index (χ4n) is 2.36. The van der Waals surface area contributed by atoms with E-state index in [1.54, 1.807) is 6.20 Å². The molecule has 19 heavy (non-hydrogen) atoms. The first kappa shape index (κ1) is 16.3. The normalized spacial score (nSPS) is 11.4. The van der Waals surface area contributed by atoms with Crippen molar-refractivity contribution in [2.45, 2.75) is 53.1 Å². The molecule has 0 aliphatic rings. The number of nitrogens with two attached hydrogens (primary N) is 1. The number of anilines is 1. The summed E-state index contributed by atoms with van der Waals surface area (Å²) in [5.41, 5.74) is 6.70. The molecule has 1 aromatic heterocycles. The summed E-state index contributed by atoms with van der Waals surface area (Å²) in [4.78, 5) is 6.83. The maximum absolute atomic E-state index is 6.46. The lowest BCUT2D eigenvalue weighted by molar-refractivity contribution is 0.503. The second-order valence-electron chi connectivity index (χ2n) is 5.33. The quantitative estimate of drug-likeness (QED) is 0.826. The molecule has 0 radical (unpaired) electrons. The second kappa shape index (κ2) is 7.71. The van der Waals surface area contributed by atoms with Crippen LogP contribution in [0.25, 0.3) is 0 Å². The molecule has 0 bridgehead atoms. The van der Waals surface area contributed by atoms with Gasteiger partial charge < -0.3 is 10.6 Å². The van der Waals surface area contributed by atoms with Gasteiger partial charge in [0.25, 0.3) is 0 Å². The molecule has 1 aromatic rings. The Bertz CT molecular complexity index is 389. The van der Waals surface area contributed by atoms with Crippen LogP contribution in [0.2, 0.25) is 5.02 Å². The molecule has 0 spiro atoms. The fourth-order valence-corrected chi connectivity index (χ4v) is 2.66. The average molecular weight is 284 g/mol. The van der Waals surface area contributed by atoms with E-state index in [4.69, 9.17) is 17.3 Å². The van der Waals surface area contributed by atoms with Crippen molar-refractivity contribution in [2.75, 3.05) is 11.4 Å². The molecule has 0 aliphatic carbocycles. The molecule has 3 nitrogen and oxygen atoms in total. The lowest BCUT2D eigenvalue weighted by atomic mass is 10.1. The van der Waals surface area contributed by atoms with Gasteiger partial charge in [-0.3, -0.25) is 0 Å². The van der Waals surface area contributed by atoms with Crippen LogP contribution in [0.4, 0.5) is 5.82 Å². The highest BCUT2D eigenvalue weighted by atomic mass is 35.5. The Morgan fingerprint density at radius 2 is 1.95 bits per heavy atom. The van der Waals surface area contributed by atoms with Crippen LogP contribution in [0.5, 0.6) is 0 Å².